The molecule has 3 rings (SSSR count). The van der Waals surface area contributed by atoms with E-state index in [0.717, 1.165) is 0 Å². The number of aliphatic carboxylic acids is 1. The first-order valence-corrected chi connectivity index (χ1v) is 11.5. The molecule has 2 aromatic carbocycles. The van der Waals surface area contributed by atoms with Crippen molar-refractivity contribution in [3.05, 3.63) is 47.5 Å². The Hall–Kier alpha value is -3.31. The lowest BCUT2D eigenvalue weighted by Gasteiger charge is -2.19. The Morgan fingerprint density at radius 3 is 2.56 bits per heavy atom. The molecule has 0 saturated heterocycles. The minimum Gasteiger partial charge on any atom is -0.478 e. The van der Waals surface area contributed by atoms with Gasteiger partial charge in [0.25, 0.3) is 10.0 Å². The van der Waals surface area contributed by atoms with E-state index in [1.165, 1.54) is 18.2 Å². The van der Waals surface area contributed by atoms with Gasteiger partial charge in [-0.15, -0.1) is 4.83 Å². The van der Waals surface area contributed by atoms with Gasteiger partial charge in [0.15, 0.2) is 11.5 Å². The third kappa shape index (κ3) is 5.29. The number of carboxylic acid groups (broad SMARTS) is 1. The van der Waals surface area contributed by atoms with E-state index < -0.39 is 28.0 Å². The van der Waals surface area contributed by atoms with Crippen molar-refractivity contribution in [3.63, 3.8) is 0 Å². The Morgan fingerprint density at radius 2 is 1.88 bits per heavy atom. The number of sulfonamides is 1. The summed E-state index contributed by atoms with van der Waals surface area (Å²) in [5, 5.41) is 9.74. The molecule has 3 N–H and O–H groups in total. The number of amides is 1. The van der Waals surface area contributed by atoms with Gasteiger partial charge in [0.05, 0.1) is 4.90 Å². The highest BCUT2D eigenvalue weighted by atomic mass is 32.2. The van der Waals surface area contributed by atoms with Crippen LogP contribution in [0.5, 0.6) is 17.2 Å². The second-order valence-corrected chi connectivity index (χ2v) is 8.66. The lowest BCUT2D eigenvalue weighted by atomic mass is 10.1. The van der Waals surface area contributed by atoms with Crippen LogP contribution in [0.4, 0.5) is 0 Å². The lowest BCUT2D eigenvalue weighted by molar-refractivity contribution is -0.145. The maximum Gasteiger partial charge on any atom is 0.349 e. The van der Waals surface area contributed by atoms with E-state index >= 15 is 0 Å². The van der Waals surface area contributed by atoms with Gasteiger partial charge >= 0.3 is 5.97 Å². The summed E-state index contributed by atoms with van der Waals surface area (Å²) >= 11 is 0. The summed E-state index contributed by atoms with van der Waals surface area (Å²) in [5.41, 5.74) is 2.99. The number of fused-ring (bicyclic) bond motifs is 1. The van der Waals surface area contributed by atoms with Gasteiger partial charge < -0.3 is 19.3 Å². The Bertz CT molecular complexity index is 1120. The molecule has 0 fully saturated rings. The van der Waals surface area contributed by atoms with Crippen LogP contribution in [-0.4, -0.2) is 32.2 Å². The van der Waals surface area contributed by atoms with E-state index in [2.05, 4.69) is 5.43 Å². The largest absolute Gasteiger partial charge is 0.478 e. The molecule has 1 aliphatic heterocycles. The molecular formula is C21H24N2O8S. The van der Waals surface area contributed by atoms with Crippen molar-refractivity contribution in [1.29, 1.82) is 0 Å². The van der Waals surface area contributed by atoms with Crippen LogP contribution in [0.25, 0.3) is 0 Å². The molecule has 1 amide bonds. The first-order valence-electron chi connectivity index (χ1n) is 9.97. The normalized spacial score (nSPS) is 13.4. The summed E-state index contributed by atoms with van der Waals surface area (Å²) < 4.78 is 41.4. The molecule has 1 unspecified atom stereocenters. The van der Waals surface area contributed by atoms with Gasteiger partial charge in [-0.3, -0.25) is 10.2 Å². The van der Waals surface area contributed by atoms with E-state index in [9.17, 15) is 23.1 Å². The van der Waals surface area contributed by atoms with Crippen LogP contribution in [-0.2, 0) is 26.0 Å². The number of carbonyl (C=O) groups is 2. The summed E-state index contributed by atoms with van der Waals surface area (Å²) in [6.07, 6.45) is -0.105. The van der Waals surface area contributed by atoms with Crippen LogP contribution >= 0.6 is 0 Å². The zero-order valence-electron chi connectivity index (χ0n) is 17.6. The number of aryl methyl sites for hydroxylation is 1. The Morgan fingerprint density at radius 1 is 1.12 bits per heavy atom. The number of hydrazine groups is 1. The standard InChI is InChI=1S/C21H24N2O8S/c1-3-5-13-10-15(32(27,28)23-22-19(24)4-2)7-9-16(13)31-20(21(25)26)14-6-8-17-18(11-14)30-12-29-17/h6-11,20,23H,3-5,12H2,1-2H3,(H,22,24)(H,25,26). The third-order valence-corrected chi connectivity index (χ3v) is 5.92. The van der Waals surface area contributed by atoms with Crippen molar-refractivity contribution in [2.45, 2.75) is 44.1 Å². The van der Waals surface area contributed by atoms with Crippen molar-refractivity contribution in [2.75, 3.05) is 6.79 Å². The summed E-state index contributed by atoms with van der Waals surface area (Å²) in [6, 6.07) is 8.82. The smallest absolute Gasteiger partial charge is 0.349 e. The highest BCUT2D eigenvalue weighted by Crippen LogP contribution is 2.36. The van der Waals surface area contributed by atoms with Crippen molar-refractivity contribution in [2.24, 2.45) is 0 Å². The molecule has 0 saturated carbocycles. The molecule has 0 aromatic heterocycles. The summed E-state index contributed by atoms with van der Waals surface area (Å²) in [7, 11) is -4.01. The highest BCUT2D eigenvalue weighted by Gasteiger charge is 2.26. The van der Waals surface area contributed by atoms with Crippen LogP contribution < -0.4 is 24.5 Å². The molecule has 1 heterocycles. The number of ether oxygens (including phenoxy) is 3. The predicted octanol–water partition coefficient (Wildman–Crippen LogP) is 2.29. The first kappa shape index (κ1) is 23.4. The fourth-order valence-electron chi connectivity index (χ4n) is 3.04. The van der Waals surface area contributed by atoms with Crippen LogP contribution in [0, 0.1) is 0 Å². The number of carbonyl (C=O) groups excluding carboxylic acids is 1. The monoisotopic (exact) mass is 464 g/mol. The van der Waals surface area contributed by atoms with Crippen molar-refractivity contribution in [1.82, 2.24) is 10.3 Å². The molecule has 0 aliphatic carbocycles. The molecule has 0 bridgehead atoms. The topological polar surface area (TPSA) is 140 Å². The van der Waals surface area contributed by atoms with E-state index in [4.69, 9.17) is 14.2 Å². The molecule has 32 heavy (non-hydrogen) atoms. The average molecular weight is 464 g/mol. The molecule has 0 radical (unpaired) electrons. The molecule has 10 nitrogen and oxygen atoms in total. The van der Waals surface area contributed by atoms with E-state index in [1.54, 1.807) is 25.1 Å². The maximum atomic E-state index is 12.5. The van der Waals surface area contributed by atoms with Gasteiger partial charge in [0.1, 0.15) is 5.75 Å². The third-order valence-electron chi connectivity index (χ3n) is 4.68. The van der Waals surface area contributed by atoms with Crippen molar-refractivity contribution < 1.29 is 37.3 Å². The second kappa shape index (κ2) is 9.88. The minimum atomic E-state index is -4.01. The van der Waals surface area contributed by atoms with Crippen LogP contribution in [0.15, 0.2) is 41.3 Å². The SMILES string of the molecule is CCCc1cc(S(=O)(=O)NNC(=O)CC)ccc1OC(C(=O)O)c1ccc2c(c1)OCO2. The zero-order chi connectivity index (χ0) is 23.3. The quantitative estimate of drug-likeness (QED) is 0.455. The van der Waals surface area contributed by atoms with E-state index in [-0.39, 0.29) is 23.9 Å². The summed E-state index contributed by atoms with van der Waals surface area (Å²) in [5.74, 6) is -0.509. The molecule has 11 heteroatoms. The number of rotatable bonds is 10. The van der Waals surface area contributed by atoms with E-state index in [0.29, 0.717) is 35.5 Å². The Balaban J connectivity index is 1.89. The van der Waals surface area contributed by atoms with Gasteiger partial charge in [0, 0.05) is 12.0 Å². The van der Waals surface area contributed by atoms with Gasteiger partial charge in [0.2, 0.25) is 18.8 Å². The van der Waals surface area contributed by atoms with Crippen LogP contribution in [0.2, 0.25) is 0 Å². The average Bonchev–Trinajstić information content (AvgIpc) is 3.24. The Kier molecular flexibility index (Phi) is 7.21. The van der Waals surface area contributed by atoms with Crippen LogP contribution in [0.1, 0.15) is 43.9 Å². The number of benzene rings is 2. The van der Waals surface area contributed by atoms with Gasteiger partial charge in [-0.25, -0.2) is 13.2 Å². The summed E-state index contributed by atoms with van der Waals surface area (Å²) in [4.78, 5) is 25.3. The predicted molar refractivity (Wildman–Crippen MR) is 113 cm³/mol. The number of hydrogen-bond donors (Lipinski definition) is 3. The highest BCUT2D eigenvalue weighted by molar-refractivity contribution is 7.89. The fourth-order valence-corrected chi connectivity index (χ4v) is 3.95. The number of nitrogens with one attached hydrogen (secondary N) is 2. The van der Waals surface area contributed by atoms with Crippen LogP contribution in [0.3, 0.4) is 0 Å². The molecule has 2 aromatic rings. The molecular weight excluding hydrogens is 440 g/mol. The second-order valence-electron chi connectivity index (χ2n) is 6.98. The van der Waals surface area contributed by atoms with Crippen molar-refractivity contribution in [3.8, 4) is 17.2 Å². The number of carboxylic acids is 1. The summed E-state index contributed by atoms with van der Waals surface area (Å²) in [6.45, 7) is 3.55. The maximum absolute atomic E-state index is 12.5. The Labute approximate surface area is 185 Å². The minimum absolute atomic E-state index is 0.0563. The number of hydrogen-bond acceptors (Lipinski definition) is 7. The molecule has 1 aliphatic rings. The van der Waals surface area contributed by atoms with E-state index in [1.807, 2.05) is 11.8 Å². The zero-order valence-corrected chi connectivity index (χ0v) is 18.4. The molecule has 0 spiro atoms. The first-order chi connectivity index (χ1) is 15.2. The van der Waals surface area contributed by atoms with Gasteiger partial charge in [-0.05, 0) is 42.3 Å². The lowest BCUT2D eigenvalue weighted by Crippen LogP contribution is -2.41. The van der Waals surface area contributed by atoms with Gasteiger partial charge in [-0.2, -0.15) is 0 Å². The fraction of sp³-hybridized carbons (Fsp3) is 0.333. The molecule has 172 valence electrons. The van der Waals surface area contributed by atoms with Gasteiger partial charge in [-0.1, -0.05) is 26.3 Å². The molecule has 1 atom stereocenters. The van der Waals surface area contributed by atoms with Crippen molar-refractivity contribution >= 4 is 21.9 Å².